The van der Waals surface area contributed by atoms with Crippen molar-refractivity contribution in [2.75, 3.05) is 6.61 Å². The third kappa shape index (κ3) is 10.3. The number of aliphatic hydroxyl groups excluding tert-OH is 4. The molecule has 0 radical (unpaired) electrons. The zero-order chi connectivity index (χ0) is 36.8. The maximum Gasteiger partial charge on any atom is 0.343 e. The van der Waals surface area contributed by atoms with Crippen molar-refractivity contribution < 1.29 is 59.9 Å². The van der Waals surface area contributed by atoms with Crippen molar-refractivity contribution in [1.29, 1.82) is 0 Å². The minimum absolute atomic E-state index is 0.0225. The lowest BCUT2D eigenvalue weighted by atomic mass is 9.88. The van der Waals surface area contributed by atoms with Gasteiger partial charge in [0.05, 0.1) is 12.2 Å². The number of benzene rings is 2. The van der Waals surface area contributed by atoms with Crippen molar-refractivity contribution in [2.45, 2.75) is 95.7 Å². The molecule has 1 fully saturated rings. The Kier molecular flexibility index (Phi) is 15.7. The molecule has 7 N–H and O–H groups in total. The predicted octanol–water partition coefficient (Wildman–Crippen LogP) is 4.29. The Balaban J connectivity index is 2.05. The second-order valence-electron chi connectivity index (χ2n) is 12.0. The predicted molar refractivity (Wildman–Crippen MR) is 183 cm³/mol. The van der Waals surface area contributed by atoms with Crippen LogP contribution < -0.4 is 9.84 Å². The summed E-state index contributed by atoms with van der Waals surface area (Å²) in [5.74, 6) is -5.32. The molecule has 2 aromatic rings. The largest absolute Gasteiger partial charge is 0.872 e. The minimum atomic E-state index is -1.92. The number of aromatic hydroxyl groups is 2. The lowest BCUT2D eigenvalue weighted by Crippen LogP contribution is -2.55. The third-order valence-electron chi connectivity index (χ3n) is 8.25. The average molecular weight is 696 g/mol. The molecule has 12 heteroatoms. The number of hydrogen-bond donors (Lipinski definition) is 7. The van der Waals surface area contributed by atoms with E-state index in [1.165, 1.54) is 6.07 Å². The molecule has 0 amide bonds. The fraction of sp³-hybridized carbons (Fsp3) is 0.421. The summed E-state index contributed by atoms with van der Waals surface area (Å²) in [6.07, 6.45) is 11.5. The number of phenolic OH excluding ortho intramolecular Hbond substituents is 1. The molecule has 1 heterocycles. The van der Waals surface area contributed by atoms with Gasteiger partial charge in [-0.05, 0) is 48.9 Å². The van der Waals surface area contributed by atoms with Gasteiger partial charge in [0, 0.05) is 11.6 Å². The Morgan fingerprint density at radius 3 is 1.90 bits per heavy atom. The van der Waals surface area contributed by atoms with Crippen molar-refractivity contribution in [3.8, 4) is 23.0 Å². The first-order valence-electron chi connectivity index (χ1n) is 16.8. The molecule has 0 aliphatic carbocycles. The Bertz CT molecular complexity index is 1570. The smallest absolute Gasteiger partial charge is 0.343 e. The first-order valence-corrected chi connectivity index (χ1v) is 16.8. The molecule has 1 unspecified atom stereocenters. The molecule has 50 heavy (non-hydrogen) atoms. The number of carbonyl (C=O) groups excluding carboxylic acids is 1. The van der Waals surface area contributed by atoms with Gasteiger partial charge in [-0.1, -0.05) is 93.9 Å². The number of aliphatic hydroxyl groups is 4. The monoisotopic (exact) mass is 695 g/mol. The molecular weight excluding hydrogens is 648 g/mol. The molecule has 2 aromatic carbocycles. The second-order valence-corrected chi connectivity index (χ2v) is 12.0. The quantitative estimate of drug-likeness (QED) is 0.0534. The van der Waals surface area contributed by atoms with Crippen molar-refractivity contribution in [2.24, 2.45) is 0 Å². The van der Waals surface area contributed by atoms with Crippen molar-refractivity contribution in [1.82, 2.24) is 0 Å². The van der Waals surface area contributed by atoms with Gasteiger partial charge in [-0.2, -0.15) is 0 Å². The molecule has 1 aliphatic heterocycles. The zero-order valence-corrected chi connectivity index (χ0v) is 28.3. The van der Waals surface area contributed by atoms with Crippen LogP contribution in [0.25, 0.3) is 0 Å². The van der Waals surface area contributed by atoms with Crippen LogP contribution in [-0.4, -0.2) is 78.7 Å². The van der Waals surface area contributed by atoms with Gasteiger partial charge in [-0.25, -0.2) is 9.59 Å². The van der Waals surface area contributed by atoms with Crippen LogP contribution in [0.2, 0.25) is 0 Å². The number of ether oxygens (including phenoxy) is 2. The number of esters is 1. The summed E-state index contributed by atoms with van der Waals surface area (Å²) in [4.78, 5) is 25.7. The van der Waals surface area contributed by atoms with Crippen LogP contribution in [0.15, 0.2) is 66.8 Å². The Morgan fingerprint density at radius 1 is 0.800 bits per heavy atom. The van der Waals surface area contributed by atoms with E-state index in [0.717, 1.165) is 50.7 Å². The second kappa shape index (κ2) is 19.7. The highest BCUT2D eigenvalue weighted by Gasteiger charge is 2.45. The van der Waals surface area contributed by atoms with Crippen LogP contribution in [-0.2, 0) is 17.6 Å². The molecule has 0 spiro atoms. The molecule has 1 aliphatic rings. The molecule has 272 valence electrons. The fourth-order valence-electron chi connectivity index (χ4n) is 5.53. The van der Waals surface area contributed by atoms with E-state index in [2.05, 4.69) is 13.8 Å². The molecule has 0 saturated carbocycles. The molecular formula is C38H47O12-. The number of rotatable bonds is 17. The summed E-state index contributed by atoms with van der Waals surface area (Å²) in [5.41, 5.74) is -1.39. The first kappa shape index (κ1) is 40.0. The van der Waals surface area contributed by atoms with E-state index in [9.17, 15) is 50.4 Å². The van der Waals surface area contributed by atoms with Crippen LogP contribution >= 0.6 is 0 Å². The molecule has 0 aromatic heterocycles. The van der Waals surface area contributed by atoms with Crippen LogP contribution in [0.4, 0.5) is 0 Å². The first-order chi connectivity index (χ1) is 24.0. The molecule has 12 nitrogen and oxygen atoms in total. The van der Waals surface area contributed by atoms with Gasteiger partial charge in [-0.3, -0.25) is 0 Å². The van der Waals surface area contributed by atoms with E-state index in [4.69, 9.17) is 9.47 Å². The highest BCUT2D eigenvalue weighted by Crippen LogP contribution is 2.43. The topological polar surface area (TPSA) is 217 Å². The standard InChI is InChI=1S/C38H48O12/c1-3-5-7-9-11-13-15-17-23-19-25(21-27(41)29(23)37(46)47)49-38(48)30-24(18-16-14-12-10-8-6-4-2)20-26(40)31(33(30)43)36-35(45)34(44)32(42)28(22-39)50-36/h9-16,19-21,28,32,34-36,39-45H,3-8,17-18,22H2,1-2H3,(H,46,47)/p-1/b11-9+,12-10+,15-13+,16-14+/t28-,32-,34+,35-,36?/m1/s1. The third-order valence-corrected chi connectivity index (χ3v) is 8.25. The summed E-state index contributed by atoms with van der Waals surface area (Å²) in [7, 11) is 0. The van der Waals surface area contributed by atoms with Crippen LogP contribution in [0, 0.1) is 0 Å². The fourth-order valence-corrected chi connectivity index (χ4v) is 5.53. The minimum Gasteiger partial charge on any atom is -0.872 e. The Morgan fingerprint density at radius 2 is 1.36 bits per heavy atom. The number of carbonyl (C=O) groups is 2. The highest BCUT2D eigenvalue weighted by molar-refractivity contribution is 5.97. The Hall–Kier alpha value is -4.46. The number of carboxylic acid groups (broad SMARTS) is 1. The van der Waals surface area contributed by atoms with Gasteiger partial charge < -0.3 is 50.3 Å². The van der Waals surface area contributed by atoms with E-state index < -0.39 is 77.4 Å². The normalized spacial score (nSPS) is 21.2. The van der Waals surface area contributed by atoms with Crippen LogP contribution in [0.5, 0.6) is 23.0 Å². The van der Waals surface area contributed by atoms with E-state index >= 15 is 0 Å². The van der Waals surface area contributed by atoms with E-state index in [-0.39, 0.29) is 35.3 Å². The highest BCUT2D eigenvalue weighted by atomic mass is 16.5. The van der Waals surface area contributed by atoms with Gasteiger partial charge in [0.1, 0.15) is 53.3 Å². The van der Waals surface area contributed by atoms with Crippen molar-refractivity contribution in [3.63, 3.8) is 0 Å². The summed E-state index contributed by atoms with van der Waals surface area (Å²) >= 11 is 0. The summed E-state index contributed by atoms with van der Waals surface area (Å²) < 4.78 is 11.0. The number of allylic oxidation sites excluding steroid dienone is 8. The van der Waals surface area contributed by atoms with Crippen LogP contribution in [0.1, 0.15) is 95.9 Å². The van der Waals surface area contributed by atoms with Gasteiger partial charge in [0.2, 0.25) is 0 Å². The number of phenols is 2. The number of carboxylic acids is 1. The van der Waals surface area contributed by atoms with Crippen molar-refractivity contribution in [3.05, 3.63) is 94.6 Å². The molecule has 1 saturated heterocycles. The summed E-state index contributed by atoms with van der Waals surface area (Å²) in [5, 5.41) is 86.2. The molecule has 0 bridgehead atoms. The lowest BCUT2D eigenvalue weighted by molar-refractivity contribution is -0.277. The maximum atomic E-state index is 14.0. The van der Waals surface area contributed by atoms with Gasteiger partial charge in [0.25, 0.3) is 0 Å². The summed E-state index contributed by atoms with van der Waals surface area (Å²) in [6, 6.07) is 3.31. The number of aromatic carboxylic acids is 1. The number of unbranched alkanes of at least 4 members (excludes halogenated alkanes) is 4. The Labute approximate surface area is 291 Å². The van der Waals surface area contributed by atoms with E-state index in [1.54, 1.807) is 30.4 Å². The molecule has 5 atom stereocenters. The maximum absolute atomic E-state index is 14.0. The SMILES string of the molecule is CCCC/C=C/C=C/Cc1cc(OC(=O)c2c(C/C=C/C=C/CCCC)cc(O)c(C3O[C@H](CO)[C@@H](O)[C@H](O)[C@H]3O)c2[O-])cc(O)c1C(=O)O. The number of hydrogen-bond acceptors (Lipinski definition) is 11. The van der Waals surface area contributed by atoms with Gasteiger partial charge >= 0.3 is 11.9 Å². The molecule has 3 rings (SSSR count). The van der Waals surface area contributed by atoms with E-state index in [1.807, 2.05) is 18.2 Å². The van der Waals surface area contributed by atoms with Crippen LogP contribution in [0.3, 0.4) is 0 Å². The van der Waals surface area contributed by atoms with Crippen molar-refractivity contribution >= 4 is 11.9 Å². The van der Waals surface area contributed by atoms with Gasteiger partial charge in [0.15, 0.2) is 0 Å². The lowest BCUT2D eigenvalue weighted by Gasteiger charge is -2.41. The average Bonchev–Trinajstić information content (AvgIpc) is 3.06. The van der Waals surface area contributed by atoms with Gasteiger partial charge in [-0.15, -0.1) is 0 Å². The van der Waals surface area contributed by atoms with E-state index in [0.29, 0.717) is 0 Å². The summed E-state index contributed by atoms with van der Waals surface area (Å²) in [6.45, 7) is 3.36. The zero-order valence-electron chi connectivity index (χ0n) is 28.3.